The summed E-state index contributed by atoms with van der Waals surface area (Å²) in [4.78, 5) is 146. The molecule has 0 aromatic rings. The molecule has 0 radical (unpaired) electrons. The Morgan fingerprint density at radius 2 is 0.940 bits per heavy atom. The molecule has 8 rings (SSSR count). The van der Waals surface area contributed by atoms with Crippen LogP contribution >= 0.6 is 0 Å². The van der Waals surface area contributed by atoms with Crippen LogP contribution < -0.4 is 5.73 Å². The van der Waals surface area contributed by atoms with Gasteiger partial charge < -0.3 is 20.6 Å². The molecule has 4 saturated carbocycles. The number of nitrogens with two attached hydrogens (primary N) is 1. The highest BCUT2D eigenvalue weighted by atomic mass is 16.3. The van der Waals surface area contributed by atoms with E-state index >= 15 is 0 Å². The van der Waals surface area contributed by atoms with Gasteiger partial charge in [-0.25, -0.2) is 0 Å². The first kappa shape index (κ1) is 68.3. The molecule has 0 unspecified atom stereocenters. The molecule has 0 spiro atoms. The first-order valence-corrected chi connectivity index (χ1v) is 33.1. The van der Waals surface area contributed by atoms with E-state index in [-0.39, 0.29) is 126 Å². The van der Waals surface area contributed by atoms with Crippen LogP contribution in [0.2, 0.25) is 0 Å². The molecule has 4 aliphatic heterocycles. The van der Waals surface area contributed by atoms with Crippen LogP contribution in [-0.4, -0.2) is 111 Å². The van der Waals surface area contributed by atoms with Crippen LogP contribution in [0.3, 0.4) is 0 Å². The number of carbonyl (C=O) groups is 11. The predicted molar refractivity (Wildman–Crippen MR) is 323 cm³/mol. The quantitative estimate of drug-likeness (QED) is 0.0783. The van der Waals surface area contributed by atoms with Crippen molar-refractivity contribution in [2.24, 2.45) is 75.7 Å². The lowest BCUT2D eigenvalue weighted by Gasteiger charge is -2.34. The zero-order valence-electron chi connectivity index (χ0n) is 51.8. The molecular formula is C69H105N3O12. The molecule has 84 heavy (non-hydrogen) atoms. The fourth-order valence-corrected chi connectivity index (χ4v) is 15.8. The van der Waals surface area contributed by atoms with Crippen molar-refractivity contribution in [3.8, 4) is 0 Å². The van der Waals surface area contributed by atoms with Gasteiger partial charge in [0.25, 0.3) is 6.47 Å². The molecule has 11 atom stereocenters. The van der Waals surface area contributed by atoms with Gasteiger partial charge in [0.05, 0.1) is 18.1 Å². The number of allylic oxidation sites excluding steroid dienone is 2. The highest BCUT2D eigenvalue weighted by molar-refractivity contribution is 6.38. The van der Waals surface area contributed by atoms with E-state index in [1.165, 1.54) is 6.42 Å². The van der Waals surface area contributed by atoms with Gasteiger partial charge in [0.15, 0.2) is 23.1 Å². The van der Waals surface area contributed by atoms with E-state index in [9.17, 15) is 47.9 Å². The van der Waals surface area contributed by atoms with Crippen LogP contribution in [0.1, 0.15) is 240 Å². The second kappa shape index (κ2) is 32.3. The van der Waals surface area contributed by atoms with Crippen molar-refractivity contribution in [3.05, 3.63) is 25.3 Å². The van der Waals surface area contributed by atoms with E-state index < -0.39 is 59.0 Å². The van der Waals surface area contributed by atoms with E-state index in [1.807, 2.05) is 0 Å². The maximum absolute atomic E-state index is 14.5. The minimum absolute atomic E-state index is 0.0116. The molecule has 15 nitrogen and oxygen atoms in total. The lowest BCUT2D eigenvalue weighted by Crippen LogP contribution is -2.52. The third-order valence-electron chi connectivity index (χ3n) is 21.3. The molecule has 0 aromatic carbocycles. The van der Waals surface area contributed by atoms with Gasteiger partial charge >= 0.3 is 0 Å². The summed E-state index contributed by atoms with van der Waals surface area (Å²) < 4.78 is 0. The Balaban J connectivity index is 0.000000274. The molecule has 468 valence electrons. The molecule has 3 N–H and O–H groups in total. The van der Waals surface area contributed by atoms with Crippen LogP contribution in [0.15, 0.2) is 25.3 Å². The second-order valence-electron chi connectivity index (χ2n) is 27.9. The zero-order chi connectivity index (χ0) is 61.3. The maximum Gasteiger partial charge on any atom is 0.290 e. The Bertz CT molecular complexity index is 2360. The molecule has 0 bridgehead atoms. The van der Waals surface area contributed by atoms with Crippen molar-refractivity contribution >= 4 is 64.6 Å². The summed E-state index contributed by atoms with van der Waals surface area (Å²) >= 11 is 0. The van der Waals surface area contributed by atoms with Gasteiger partial charge in [0, 0.05) is 81.2 Å². The van der Waals surface area contributed by atoms with Gasteiger partial charge in [-0.2, -0.15) is 0 Å². The smallest absolute Gasteiger partial charge is 0.290 e. The monoisotopic (exact) mass is 1170 g/mol. The second-order valence-corrected chi connectivity index (χ2v) is 27.9. The molecule has 8 aliphatic rings. The summed E-state index contributed by atoms with van der Waals surface area (Å²) in [7, 11) is 0. The van der Waals surface area contributed by atoms with Crippen molar-refractivity contribution in [3.63, 3.8) is 0 Å². The molecule has 2 amide bonds. The number of Topliss-reactive ketones (excluding diaryl/α,β-unsaturated/α-hetero) is 8. The Kier molecular flexibility index (Phi) is 26.2. The molecule has 4 heterocycles. The number of piperidine rings is 2. The molecule has 4 aliphatic carbocycles. The Morgan fingerprint density at radius 3 is 1.37 bits per heavy atom. The average molecular weight is 1170 g/mol. The summed E-state index contributed by atoms with van der Waals surface area (Å²) in [6, 6.07) is -1.71. The van der Waals surface area contributed by atoms with Crippen molar-refractivity contribution in [2.75, 3.05) is 13.1 Å². The summed E-state index contributed by atoms with van der Waals surface area (Å²) in [6.07, 6.45) is 28.4. The lowest BCUT2D eigenvalue weighted by atomic mass is 9.74. The van der Waals surface area contributed by atoms with E-state index in [2.05, 4.69) is 40.9 Å². The van der Waals surface area contributed by atoms with Crippen LogP contribution in [0, 0.1) is 70.0 Å². The normalized spacial score (nSPS) is 30.9. The van der Waals surface area contributed by atoms with Crippen molar-refractivity contribution < 1.29 is 57.8 Å². The number of nitrogens with zero attached hydrogens (tertiary/aromatic N) is 2. The van der Waals surface area contributed by atoms with Crippen molar-refractivity contribution in [2.45, 2.75) is 258 Å². The van der Waals surface area contributed by atoms with Gasteiger partial charge in [0.1, 0.15) is 11.6 Å². The average Bonchev–Trinajstić information content (AvgIpc) is 4.53. The van der Waals surface area contributed by atoms with Crippen molar-refractivity contribution in [1.82, 2.24) is 9.80 Å². The minimum Gasteiger partial charge on any atom is -0.483 e. The van der Waals surface area contributed by atoms with E-state index in [0.29, 0.717) is 57.5 Å². The van der Waals surface area contributed by atoms with Gasteiger partial charge in [0.2, 0.25) is 23.4 Å². The minimum atomic E-state index is -0.654. The first-order valence-electron chi connectivity index (χ1n) is 33.1. The number of rotatable bonds is 17. The molecular weight excluding hydrogens is 1060 g/mol. The highest BCUT2D eigenvalue weighted by Gasteiger charge is 2.70. The predicted octanol–water partition coefficient (Wildman–Crippen LogP) is 11.5. The number of hydrogen-bond acceptors (Lipinski definition) is 12. The first-order chi connectivity index (χ1) is 40.1. The Hall–Kier alpha value is -4.79. The number of ketones is 8. The van der Waals surface area contributed by atoms with Crippen LogP contribution in [0.5, 0.6) is 0 Å². The molecule has 4 saturated heterocycles. The summed E-state index contributed by atoms with van der Waals surface area (Å²) in [6.45, 7) is 16.7. The largest absolute Gasteiger partial charge is 0.483 e. The number of amides is 2. The molecule has 15 heteroatoms. The standard InChI is InChI=1S/C41H61NO6.C27H42N2O4.CH2O2/c1-4-5-20-34(44)39(47)29-18-12-9-7-6-8-10-13-19-30(40(48)42-26-33-36(41(33,2)3)37(42)35(45)24-29)23-31(43)25-32(38(46)28-21-22-28)27-16-14-11-15-17-27;1-4-5-15-21(30)25(32)18-13-11-9-7-6-8-10-12-14-20(28)26(33)29-17-19-23(27(19,2)3)24(29)22(31)16-18;2-1-3/h4,27-30,32-33,36-37H,1,5-26H2,2-3H3;4,18-20,23-24H,1,5-17,28H2,2-3H3;1H,(H,2,3)/t29-,30-,32+,33+,36+,37-;18-,19+,20+,23+,24-;/m11./s1. The zero-order valence-corrected chi connectivity index (χ0v) is 51.8. The van der Waals surface area contributed by atoms with Crippen LogP contribution in [0.4, 0.5) is 0 Å². The number of carboxylic acid groups (broad SMARTS) is 1. The third-order valence-corrected chi connectivity index (χ3v) is 21.3. The van der Waals surface area contributed by atoms with E-state index in [0.717, 1.165) is 128 Å². The number of hydrogen-bond donors (Lipinski definition) is 2. The van der Waals surface area contributed by atoms with E-state index in [4.69, 9.17) is 15.6 Å². The summed E-state index contributed by atoms with van der Waals surface area (Å²) in [5.41, 5.74) is 6.21. The van der Waals surface area contributed by atoms with Gasteiger partial charge in [-0.05, 0) is 105 Å². The topological polar surface area (TPSA) is 240 Å². The highest BCUT2D eigenvalue weighted by Crippen LogP contribution is 2.66. The fraction of sp³-hybridized carbons (Fsp3) is 0.783. The van der Waals surface area contributed by atoms with E-state index in [1.54, 1.807) is 22.0 Å². The Morgan fingerprint density at radius 1 is 0.560 bits per heavy atom. The van der Waals surface area contributed by atoms with Gasteiger partial charge in [-0.1, -0.05) is 149 Å². The molecule has 0 aromatic heterocycles. The summed E-state index contributed by atoms with van der Waals surface area (Å²) in [5.74, 6) is -2.75. The summed E-state index contributed by atoms with van der Waals surface area (Å²) in [5, 5.41) is 6.89. The van der Waals surface area contributed by atoms with Gasteiger partial charge in [-0.3, -0.25) is 52.7 Å². The van der Waals surface area contributed by atoms with Crippen LogP contribution in [0.25, 0.3) is 0 Å². The lowest BCUT2D eigenvalue weighted by molar-refractivity contribution is -0.146. The third kappa shape index (κ3) is 17.9. The van der Waals surface area contributed by atoms with Gasteiger partial charge in [-0.15, -0.1) is 13.2 Å². The molecule has 8 fully saturated rings. The SMILES string of the molecule is C=CCCC(=O)C(=O)[C@@H]1CCCCCCCCC[C@H](CC(=O)C[C@H](C(=O)C2CC2)C2CCCCC2)C(=O)N2C[C@H]3[C@@H]([C@H]2C(=O)C1)C3(C)C.C=CCCC(=O)C(=O)[C@@H]1CCCCCCCCC[C@H](N)C(=O)N2C[C@H]3[C@@H]([C@H]2C(=O)C1)C3(C)C.O=CO. The maximum atomic E-state index is 14.5. The van der Waals surface area contributed by atoms with Crippen LogP contribution in [-0.2, 0) is 52.7 Å². The Labute approximate surface area is 502 Å². The number of fused-ring (bicyclic) bond motifs is 6. The number of carbonyl (C=O) groups excluding carboxylic acids is 10. The fourth-order valence-electron chi connectivity index (χ4n) is 15.8. The van der Waals surface area contributed by atoms with Crippen molar-refractivity contribution in [1.29, 1.82) is 0 Å².